The number of azo groups is 1. The van der Waals surface area contributed by atoms with Crippen molar-refractivity contribution in [1.29, 1.82) is 0 Å². The second-order valence-electron chi connectivity index (χ2n) is 3.99. The average molecular weight is 258 g/mol. The molecule has 1 unspecified atom stereocenters. The minimum atomic E-state index is -0.301. The molecule has 2 aromatic rings. The Hall–Kier alpha value is -1.92. The molecule has 1 atom stereocenters. The third-order valence-electron chi connectivity index (χ3n) is 2.92. The molecule has 1 aromatic carbocycles. The number of amides is 1. The highest BCUT2D eigenvalue weighted by Crippen LogP contribution is 2.31. The molecule has 2 heterocycles. The minimum Gasteiger partial charge on any atom is -0.328 e. The van der Waals surface area contributed by atoms with Gasteiger partial charge >= 0.3 is 0 Å². The van der Waals surface area contributed by atoms with Crippen LogP contribution in [0.3, 0.4) is 0 Å². The maximum absolute atomic E-state index is 11.6. The van der Waals surface area contributed by atoms with E-state index in [1.807, 2.05) is 17.5 Å². The molecular formula is C12H10N4OS. The molecule has 0 saturated carbocycles. The molecule has 1 aliphatic rings. The molecule has 1 aliphatic heterocycles. The Labute approximate surface area is 108 Å². The fourth-order valence-electron chi connectivity index (χ4n) is 1.97. The topological polar surface area (TPSA) is 80.7 Å². The van der Waals surface area contributed by atoms with Gasteiger partial charge in [0.25, 0.3) is 5.91 Å². The Morgan fingerprint density at radius 1 is 1.33 bits per heavy atom. The molecule has 0 radical (unpaired) electrons. The van der Waals surface area contributed by atoms with Crippen LogP contribution in [0.4, 0.5) is 0 Å². The highest BCUT2D eigenvalue weighted by atomic mass is 32.1. The van der Waals surface area contributed by atoms with Gasteiger partial charge in [0.05, 0.1) is 0 Å². The zero-order valence-electron chi connectivity index (χ0n) is 9.41. The quantitative estimate of drug-likeness (QED) is 0.898. The van der Waals surface area contributed by atoms with Crippen LogP contribution in [-0.2, 0) is 0 Å². The summed E-state index contributed by atoms with van der Waals surface area (Å²) in [6.07, 6.45) is 1.80. The third kappa shape index (κ3) is 1.75. The first-order chi connectivity index (χ1) is 8.79. The van der Waals surface area contributed by atoms with Crippen molar-refractivity contribution in [1.82, 2.24) is 4.37 Å². The number of carbonyl (C=O) groups is 1. The molecule has 0 saturated heterocycles. The summed E-state index contributed by atoms with van der Waals surface area (Å²) in [5, 5.41) is 9.51. The molecule has 0 fully saturated rings. The minimum absolute atomic E-state index is 0.232. The number of nitrogens with zero attached hydrogens (tertiary/aromatic N) is 3. The van der Waals surface area contributed by atoms with Crippen LogP contribution in [-0.4, -0.2) is 16.8 Å². The van der Waals surface area contributed by atoms with Crippen LogP contribution in [0.25, 0.3) is 11.1 Å². The Morgan fingerprint density at radius 2 is 2.22 bits per heavy atom. The summed E-state index contributed by atoms with van der Waals surface area (Å²) in [6.45, 7) is 0.342. The van der Waals surface area contributed by atoms with E-state index < -0.39 is 0 Å². The standard InChI is InChI=1S/C12H10N4OS/c13-4-11-10-3-7(8-5-14-18-6-8)1-2-9(10)12(17)16-15-11/h1-3,5-6,11H,4,13H2. The lowest BCUT2D eigenvalue weighted by atomic mass is 9.95. The number of hydrogen-bond acceptors (Lipinski definition) is 5. The van der Waals surface area contributed by atoms with Crippen molar-refractivity contribution in [3.05, 3.63) is 40.9 Å². The Bertz CT molecular complexity index is 621. The summed E-state index contributed by atoms with van der Waals surface area (Å²) in [5.41, 5.74) is 9.15. The highest BCUT2D eigenvalue weighted by Gasteiger charge is 2.23. The van der Waals surface area contributed by atoms with E-state index in [2.05, 4.69) is 14.6 Å². The average Bonchev–Trinajstić information content (AvgIpc) is 2.93. The van der Waals surface area contributed by atoms with Gasteiger partial charge in [0, 0.05) is 29.2 Å². The van der Waals surface area contributed by atoms with Crippen LogP contribution < -0.4 is 5.73 Å². The lowest BCUT2D eigenvalue weighted by Gasteiger charge is -2.17. The smallest absolute Gasteiger partial charge is 0.295 e. The molecule has 5 nitrogen and oxygen atoms in total. The number of aromatic nitrogens is 1. The number of carbonyl (C=O) groups excluding carboxylic acids is 1. The predicted octanol–water partition coefficient (Wildman–Crippen LogP) is 2.42. The van der Waals surface area contributed by atoms with Crippen LogP contribution in [0.2, 0.25) is 0 Å². The lowest BCUT2D eigenvalue weighted by Crippen LogP contribution is -2.17. The first-order valence-electron chi connectivity index (χ1n) is 5.48. The molecule has 1 amide bonds. The third-order valence-corrected chi connectivity index (χ3v) is 3.50. The van der Waals surface area contributed by atoms with Crippen molar-refractivity contribution in [2.45, 2.75) is 6.04 Å². The zero-order valence-corrected chi connectivity index (χ0v) is 10.2. The van der Waals surface area contributed by atoms with Gasteiger partial charge in [-0.05, 0) is 34.8 Å². The second kappa shape index (κ2) is 4.40. The summed E-state index contributed by atoms with van der Waals surface area (Å²) in [6, 6.07) is 5.40. The molecule has 18 heavy (non-hydrogen) atoms. The molecule has 3 rings (SSSR count). The summed E-state index contributed by atoms with van der Waals surface area (Å²) in [4.78, 5) is 11.6. The monoisotopic (exact) mass is 258 g/mol. The number of hydrogen-bond donors (Lipinski definition) is 1. The van der Waals surface area contributed by atoms with Crippen LogP contribution in [0.1, 0.15) is 22.0 Å². The molecule has 0 aliphatic carbocycles. The predicted molar refractivity (Wildman–Crippen MR) is 68.5 cm³/mol. The maximum atomic E-state index is 11.6. The number of rotatable bonds is 2. The number of fused-ring (bicyclic) bond motifs is 1. The van der Waals surface area contributed by atoms with Crippen molar-refractivity contribution in [3.63, 3.8) is 0 Å². The fourth-order valence-corrected chi connectivity index (χ4v) is 2.52. The van der Waals surface area contributed by atoms with Gasteiger partial charge in [0.2, 0.25) is 0 Å². The maximum Gasteiger partial charge on any atom is 0.295 e. The van der Waals surface area contributed by atoms with E-state index in [9.17, 15) is 4.79 Å². The summed E-state index contributed by atoms with van der Waals surface area (Å²) >= 11 is 1.40. The highest BCUT2D eigenvalue weighted by molar-refractivity contribution is 7.03. The zero-order chi connectivity index (χ0) is 12.5. The fraction of sp³-hybridized carbons (Fsp3) is 0.167. The normalized spacial score (nSPS) is 17.8. The van der Waals surface area contributed by atoms with Crippen molar-refractivity contribution in [2.75, 3.05) is 6.54 Å². The van der Waals surface area contributed by atoms with Crippen molar-refractivity contribution in [2.24, 2.45) is 16.0 Å². The molecule has 0 bridgehead atoms. The molecule has 90 valence electrons. The van der Waals surface area contributed by atoms with Crippen LogP contribution >= 0.6 is 11.5 Å². The Morgan fingerprint density at radius 3 is 2.94 bits per heavy atom. The Balaban J connectivity index is 2.12. The molecular weight excluding hydrogens is 248 g/mol. The molecule has 1 aromatic heterocycles. The Kier molecular flexibility index (Phi) is 2.73. The van der Waals surface area contributed by atoms with E-state index in [0.29, 0.717) is 12.1 Å². The van der Waals surface area contributed by atoms with Crippen molar-refractivity contribution in [3.8, 4) is 11.1 Å². The van der Waals surface area contributed by atoms with Gasteiger partial charge in [-0.15, -0.1) is 5.11 Å². The van der Waals surface area contributed by atoms with Gasteiger partial charge in [-0.25, -0.2) is 4.37 Å². The largest absolute Gasteiger partial charge is 0.328 e. The van der Waals surface area contributed by atoms with Crippen molar-refractivity contribution < 1.29 is 4.79 Å². The number of nitrogens with two attached hydrogens (primary N) is 1. The second-order valence-corrected chi connectivity index (χ2v) is 4.64. The van der Waals surface area contributed by atoms with E-state index in [4.69, 9.17) is 5.73 Å². The van der Waals surface area contributed by atoms with Gasteiger partial charge in [0.1, 0.15) is 6.04 Å². The lowest BCUT2D eigenvalue weighted by molar-refractivity contribution is 0.0985. The molecule has 2 N–H and O–H groups in total. The van der Waals surface area contributed by atoms with Crippen LogP contribution in [0, 0.1) is 0 Å². The van der Waals surface area contributed by atoms with Gasteiger partial charge in [-0.1, -0.05) is 6.07 Å². The first kappa shape index (κ1) is 11.2. The molecule has 0 spiro atoms. The van der Waals surface area contributed by atoms with Crippen molar-refractivity contribution >= 4 is 17.4 Å². The van der Waals surface area contributed by atoms with Gasteiger partial charge in [-0.2, -0.15) is 5.11 Å². The van der Waals surface area contributed by atoms with Gasteiger partial charge in [0.15, 0.2) is 0 Å². The SMILES string of the molecule is NCC1N=NC(=O)c2ccc(-c3cnsc3)cc21. The molecule has 6 heteroatoms. The first-order valence-corrected chi connectivity index (χ1v) is 6.32. The summed E-state index contributed by atoms with van der Waals surface area (Å²) < 4.78 is 4.07. The van der Waals surface area contributed by atoms with Gasteiger partial charge < -0.3 is 5.73 Å². The van der Waals surface area contributed by atoms with Crippen LogP contribution in [0.5, 0.6) is 0 Å². The van der Waals surface area contributed by atoms with Crippen LogP contribution in [0.15, 0.2) is 40.0 Å². The summed E-state index contributed by atoms with van der Waals surface area (Å²) in [7, 11) is 0. The van der Waals surface area contributed by atoms with E-state index >= 15 is 0 Å². The van der Waals surface area contributed by atoms with E-state index in [-0.39, 0.29) is 11.9 Å². The van der Waals surface area contributed by atoms with E-state index in [1.54, 1.807) is 12.3 Å². The van der Waals surface area contributed by atoms with E-state index in [0.717, 1.165) is 16.7 Å². The summed E-state index contributed by atoms with van der Waals surface area (Å²) in [5.74, 6) is -0.301. The van der Waals surface area contributed by atoms with Gasteiger partial charge in [-0.3, -0.25) is 4.79 Å². The van der Waals surface area contributed by atoms with E-state index in [1.165, 1.54) is 11.5 Å². The number of benzene rings is 1.